The lowest BCUT2D eigenvalue weighted by Crippen LogP contribution is -2.15. The van der Waals surface area contributed by atoms with Crippen LogP contribution in [-0.2, 0) is 4.52 Å². The minimum Gasteiger partial charge on any atom is -0.650 e. The molecule has 2 nitrogen and oxygen atoms in total. The fourth-order valence-electron chi connectivity index (χ4n) is 0.213. The first-order valence-corrected chi connectivity index (χ1v) is 3.54. The minimum absolute atomic E-state index is 0.169. The third kappa shape index (κ3) is 3.67. The van der Waals surface area contributed by atoms with Gasteiger partial charge in [-0.25, -0.2) is 4.52 Å². The summed E-state index contributed by atoms with van der Waals surface area (Å²) in [4.78, 5) is 9.90. The molecule has 0 saturated carbocycles. The van der Waals surface area contributed by atoms with Crippen LogP contribution in [0.3, 0.4) is 0 Å². The molecule has 56 valence electrons. The molecule has 9 heavy (non-hydrogen) atoms. The molecule has 0 spiro atoms. The van der Waals surface area contributed by atoms with Crippen molar-refractivity contribution in [2.24, 2.45) is 0 Å². The molecule has 0 amide bonds. The van der Waals surface area contributed by atoms with Crippen LogP contribution in [0, 0.1) is 0 Å². The third-order valence-corrected chi connectivity index (χ3v) is 1.52. The Hall–Kier alpha value is 0.140. The van der Waals surface area contributed by atoms with Crippen molar-refractivity contribution in [2.45, 2.75) is 12.8 Å². The molecule has 0 aromatic heterocycles. The Morgan fingerprint density at radius 3 is 2.11 bits per heavy atom. The zero-order chi connectivity index (χ0) is 7.49. The average molecular weight is 162 g/mol. The number of rotatable bonds is 2. The van der Waals surface area contributed by atoms with E-state index in [9.17, 15) is 18.1 Å². The molecule has 0 aromatic carbocycles. The maximum absolute atomic E-state index is 11.2. The molecule has 1 atom stereocenters. The maximum Gasteiger partial charge on any atom is 0.530 e. The van der Waals surface area contributed by atoms with E-state index in [2.05, 4.69) is 4.52 Å². The van der Waals surface area contributed by atoms with Gasteiger partial charge >= 0.3 is 5.92 Å². The summed E-state index contributed by atoms with van der Waals surface area (Å²) in [5.41, 5.74) is 0. The largest absolute Gasteiger partial charge is 0.650 e. The molecule has 0 aliphatic rings. The Morgan fingerprint density at radius 1 is 1.56 bits per heavy atom. The van der Waals surface area contributed by atoms with Crippen LogP contribution >= 0.6 is 8.38 Å². The van der Waals surface area contributed by atoms with Crippen LogP contribution in [0.2, 0.25) is 0 Å². The monoisotopic (exact) mass is 162 g/mol. The van der Waals surface area contributed by atoms with Crippen LogP contribution in [-0.4, -0.2) is 12.5 Å². The summed E-state index contributed by atoms with van der Waals surface area (Å²) in [5, 5.41) is 0. The second-order valence-corrected chi connectivity index (χ2v) is 2.65. The molecule has 0 radical (unpaired) electrons. The molecule has 0 aromatic rings. The van der Waals surface area contributed by atoms with Gasteiger partial charge in [0.15, 0.2) is 0 Å². The Labute approximate surface area is 51.5 Å². The summed E-state index contributed by atoms with van der Waals surface area (Å²) in [7, 11) is -3.81. The molecule has 0 aliphatic carbocycles. The summed E-state index contributed by atoms with van der Waals surface area (Å²) in [6, 6.07) is 0. The predicted molar refractivity (Wildman–Crippen MR) is 26.0 cm³/mol. The molecule has 0 saturated heterocycles. The number of hydrogen-bond acceptors (Lipinski definition) is 2. The fourth-order valence-corrected chi connectivity index (χ4v) is 0.639. The number of hydrogen-bond donors (Lipinski definition) is 0. The molecule has 0 rings (SSSR count). The Bertz CT molecular complexity index is 83.6. The summed E-state index contributed by atoms with van der Waals surface area (Å²) in [6.07, 6.45) is 0. The van der Waals surface area contributed by atoms with E-state index in [1.54, 1.807) is 0 Å². The van der Waals surface area contributed by atoms with Gasteiger partial charge < -0.3 is 4.89 Å². The zero-order valence-electron chi connectivity index (χ0n) is 4.66. The van der Waals surface area contributed by atoms with Crippen LogP contribution in [0.5, 0.6) is 0 Å². The van der Waals surface area contributed by atoms with E-state index in [0.29, 0.717) is 0 Å². The van der Waals surface area contributed by atoms with Crippen molar-refractivity contribution in [1.82, 2.24) is 0 Å². The van der Waals surface area contributed by atoms with Gasteiger partial charge in [0.1, 0.15) is 0 Å². The molecule has 6 heteroatoms. The van der Waals surface area contributed by atoms with Crippen molar-refractivity contribution in [2.75, 3.05) is 6.61 Å². The first kappa shape index (κ1) is 9.14. The van der Waals surface area contributed by atoms with Crippen LogP contribution in [0.25, 0.3) is 0 Å². The summed E-state index contributed by atoms with van der Waals surface area (Å²) < 4.78 is 37.6. The Morgan fingerprint density at radius 2 is 2.00 bits per heavy atom. The van der Waals surface area contributed by atoms with E-state index in [-0.39, 0.29) is 6.61 Å². The standard InChI is InChI=1S/C3H6F3O2P/c1-2-8-9(7)3(4,5)6/h9H,2H2,1H3. The third-order valence-electron chi connectivity index (χ3n) is 0.507. The second kappa shape index (κ2) is 3.34. The summed E-state index contributed by atoms with van der Waals surface area (Å²) in [6.45, 7) is 1.19. The van der Waals surface area contributed by atoms with Crippen LogP contribution in [0.4, 0.5) is 13.2 Å². The predicted octanol–water partition coefficient (Wildman–Crippen LogP) is 0.947. The van der Waals surface area contributed by atoms with Crippen LogP contribution in [0.1, 0.15) is 6.92 Å². The fraction of sp³-hybridized carbons (Fsp3) is 1.00. The van der Waals surface area contributed by atoms with Crippen molar-refractivity contribution >= 4 is 8.38 Å². The lowest BCUT2D eigenvalue weighted by molar-refractivity contribution is -0.218. The normalized spacial score (nSPS) is 15.7. The minimum atomic E-state index is -4.67. The maximum atomic E-state index is 11.2. The highest BCUT2D eigenvalue weighted by Gasteiger charge is 2.42. The van der Waals surface area contributed by atoms with E-state index in [1.165, 1.54) is 6.92 Å². The zero-order valence-corrected chi connectivity index (χ0v) is 5.66. The molecule has 1 unspecified atom stereocenters. The molecule has 0 heterocycles. The lowest BCUT2D eigenvalue weighted by atomic mass is 10.9. The van der Waals surface area contributed by atoms with Crippen molar-refractivity contribution in [3.05, 3.63) is 0 Å². The molecule has 0 N–H and O–H groups in total. The van der Waals surface area contributed by atoms with E-state index in [0.717, 1.165) is 0 Å². The summed E-state index contributed by atoms with van der Waals surface area (Å²) >= 11 is 0. The topological polar surface area (TPSA) is 32.3 Å². The molecule has 0 aliphatic heterocycles. The van der Waals surface area contributed by atoms with Crippen molar-refractivity contribution in [3.8, 4) is 0 Å². The van der Waals surface area contributed by atoms with Gasteiger partial charge in [0.2, 0.25) is 8.38 Å². The molecule has 0 fully saturated rings. The molecular weight excluding hydrogens is 156 g/mol. The summed E-state index contributed by atoms with van der Waals surface area (Å²) in [5.74, 6) is -4.67. The van der Waals surface area contributed by atoms with Crippen molar-refractivity contribution in [1.29, 1.82) is 0 Å². The molecule has 0 bridgehead atoms. The van der Waals surface area contributed by atoms with Gasteiger partial charge in [-0.1, -0.05) is 0 Å². The van der Waals surface area contributed by atoms with Gasteiger partial charge in [0.05, 0.1) is 6.61 Å². The van der Waals surface area contributed by atoms with Crippen LogP contribution in [0.15, 0.2) is 0 Å². The average Bonchev–Trinajstić information content (AvgIpc) is 1.64. The van der Waals surface area contributed by atoms with Gasteiger partial charge in [-0.3, -0.25) is 0 Å². The van der Waals surface area contributed by atoms with Crippen molar-refractivity contribution in [3.63, 3.8) is 0 Å². The van der Waals surface area contributed by atoms with Gasteiger partial charge in [-0.15, -0.1) is 13.2 Å². The van der Waals surface area contributed by atoms with E-state index < -0.39 is 14.3 Å². The van der Waals surface area contributed by atoms with Gasteiger partial charge in [0, 0.05) is 0 Å². The van der Waals surface area contributed by atoms with Crippen molar-refractivity contribution < 1.29 is 22.6 Å². The van der Waals surface area contributed by atoms with E-state index >= 15 is 0 Å². The quantitative estimate of drug-likeness (QED) is 0.566. The SMILES string of the molecule is CCO[PH+]([O-])C(F)(F)F. The van der Waals surface area contributed by atoms with E-state index in [4.69, 9.17) is 0 Å². The van der Waals surface area contributed by atoms with Crippen LogP contribution < -0.4 is 4.89 Å². The Kier molecular flexibility index (Phi) is 3.40. The number of alkyl halides is 3. The number of halogens is 3. The second-order valence-electron chi connectivity index (χ2n) is 1.22. The Balaban J connectivity index is 3.59. The first-order chi connectivity index (χ1) is 3.98. The van der Waals surface area contributed by atoms with Gasteiger partial charge in [0.25, 0.3) is 0 Å². The van der Waals surface area contributed by atoms with E-state index in [1.807, 2.05) is 0 Å². The van der Waals surface area contributed by atoms with Gasteiger partial charge in [-0.05, 0) is 6.92 Å². The molecular formula is C3H6F3O2P. The lowest BCUT2D eigenvalue weighted by Gasteiger charge is -2.12. The highest BCUT2D eigenvalue weighted by atomic mass is 31.2. The highest BCUT2D eigenvalue weighted by Crippen LogP contribution is 2.46. The first-order valence-electron chi connectivity index (χ1n) is 2.22. The smallest absolute Gasteiger partial charge is 0.530 e. The van der Waals surface area contributed by atoms with Gasteiger partial charge in [-0.2, -0.15) is 0 Å². The highest BCUT2D eigenvalue weighted by molar-refractivity contribution is 7.45.